The highest BCUT2D eigenvalue weighted by atomic mass is 35.5. The zero-order valence-electron chi connectivity index (χ0n) is 15.4. The molecule has 0 aliphatic heterocycles. The number of nitrogens with two attached hydrogens (primary N) is 1. The van der Waals surface area contributed by atoms with Crippen LogP contribution in [0.25, 0.3) is 11.3 Å². The second-order valence-electron chi connectivity index (χ2n) is 5.82. The Labute approximate surface area is 167 Å². The maximum atomic E-state index is 9.44. The Bertz CT molecular complexity index is 1030. The van der Waals surface area contributed by atoms with Crippen LogP contribution in [0.3, 0.4) is 0 Å². The molecule has 3 aromatic rings. The first-order chi connectivity index (χ1) is 13.5. The molecule has 0 saturated heterocycles. The van der Waals surface area contributed by atoms with Crippen LogP contribution in [0.5, 0.6) is 11.5 Å². The lowest BCUT2D eigenvalue weighted by atomic mass is 10.1. The third-order valence-electron chi connectivity index (χ3n) is 4.07. The van der Waals surface area contributed by atoms with Gasteiger partial charge in [0.1, 0.15) is 17.5 Å². The predicted octanol–water partition coefficient (Wildman–Crippen LogP) is 3.88. The molecule has 28 heavy (non-hydrogen) atoms. The second kappa shape index (κ2) is 8.46. The molecule has 3 N–H and O–H groups in total. The molecule has 0 spiro atoms. The molecule has 2 aromatic carbocycles. The van der Waals surface area contributed by atoms with E-state index in [0.29, 0.717) is 34.7 Å². The molecule has 0 aliphatic rings. The van der Waals surface area contributed by atoms with Gasteiger partial charge in [-0.25, -0.2) is 4.98 Å². The maximum absolute atomic E-state index is 9.44. The van der Waals surface area contributed by atoms with Gasteiger partial charge in [-0.1, -0.05) is 29.8 Å². The number of hydrogen-bond acceptors (Lipinski definition) is 7. The van der Waals surface area contributed by atoms with Crippen LogP contribution < -0.4 is 20.5 Å². The van der Waals surface area contributed by atoms with Crippen molar-refractivity contribution in [1.29, 1.82) is 5.26 Å². The monoisotopic (exact) mass is 395 g/mol. The Balaban J connectivity index is 1.89. The van der Waals surface area contributed by atoms with Crippen molar-refractivity contribution in [2.24, 2.45) is 0 Å². The smallest absolute Gasteiger partial charge is 0.225 e. The highest BCUT2D eigenvalue weighted by Gasteiger charge is 2.14. The van der Waals surface area contributed by atoms with E-state index in [2.05, 4.69) is 21.4 Å². The molecule has 0 fully saturated rings. The largest absolute Gasteiger partial charge is 0.493 e. The van der Waals surface area contributed by atoms with Crippen LogP contribution in [-0.2, 0) is 6.54 Å². The van der Waals surface area contributed by atoms with E-state index in [1.54, 1.807) is 38.5 Å². The van der Waals surface area contributed by atoms with Gasteiger partial charge in [0.05, 0.1) is 19.9 Å². The number of hydrogen-bond donors (Lipinski definition) is 2. The molecule has 8 heteroatoms. The van der Waals surface area contributed by atoms with Crippen molar-refractivity contribution in [1.82, 2.24) is 9.97 Å². The molecular weight excluding hydrogens is 378 g/mol. The number of methoxy groups -OCH3 is 2. The van der Waals surface area contributed by atoms with Gasteiger partial charge in [-0.2, -0.15) is 10.2 Å². The number of benzene rings is 2. The lowest BCUT2D eigenvalue weighted by molar-refractivity contribution is 0.354. The molecular formula is C20H18ClN5O2. The average Bonchev–Trinajstić information content (AvgIpc) is 2.72. The molecule has 1 heterocycles. The molecule has 0 radical (unpaired) electrons. The van der Waals surface area contributed by atoms with Gasteiger partial charge in [-0.3, -0.25) is 0 Å². The Morgan fingerprint density at radius 1 is 1.07 bits per heavy atom. The fourth-order valence-electron chi connectivity index (χ4n) is 2.66. The van der Waals surface area contributed by atoms with Gasteiger partial charge >= 0.3 is 0 Å². The third kappa shape index (κ3) is 4.08. The number of rotatable bonds is 6. The van der Waals surface area contributed by atoms with Crippen molar-refractivity contribution in [3.63, 3.8) is 0 Å². The number of nitrogens with zero attached hydrogens (tertiary/aromatic N) is 3. The van der Waals surface area contributed by atoms with Crippen LogP contribution >= 0.6 is 11.6 Å². The topological polar surface area (TPSA) is 106 Å². The average molecular weight is 396 g/mol. The fraction of sp³-hybridized carbons (Fsp3) is 0.150. The number of ether oxygens (including phenoxy) is 2. The van der Waals surface area contributed by atoms with Gasteiger partial charge in [0, 0.05) is 17.1 Å². The van der Waals surface area contributed by atoms with Gasteiger partial charge in [0.2, 0.25) is 5.95 Å². The molecule has 0 unspecified atom stereocenters. The summed E-state index contributed by atoms with van der Waals surface area (Å²) in [7, 11) is 3.17. The fourth-order valence-corrected chi connectivity index (χ4v) is 2.78. The lowest BCUT2D eigenvalue weighted by Crippen LogP contribution is -2.08. The minimum atomic E-state index is 0.109. The number of nitrogen functional groups attached to an aromatic ring is 1. The Kier molecular flexibility index (Phi) is 5.82. The van der Waals surface area contributed by atoms with E-state index in [0.717, 1.165) is 11.1 Å². The van der Waals surface area contributed by atoms with Gasteiger partial charge in [0.25, 0.3) is 0 Å². The van der Waals surface area contributed by atoms with Gasteiger partial charge in [-0.05, 0) is 29.8 Å². The van der Waals surface area contributed by atoms with E-state index < -0.39 is 0 Å². The quantitative estimate of drug-likeness (QED) is 0.652. The molecule has 1 aromatic heterocycles. The van der Waals surface area contributed by atoms with Crippen molar-refractivity contribution in [2.75, 3.05) is 25.3 Å². The van der Waals surface area contributed by atoms with E-state index in [9.17, 15) is 5.26 Å². The number of halogens is 1. The highest BCUT2D eigenvalue weighted by Crippen LogP contribution is 2.29. The first-order valence-electron chi connectivity index (χ1n) is 8.34. The first kappa shape index (κ1) is 19.3. The minimum absolute atomic E-state index is 0.109. The molecule has 142 valence electrons. The summed E-state index contributed by atoms with van der Waals surface area (Å²) < 4.78 is 10.6. The van der Waals surface area contributed by atoms with Gasteiger partial charge in [0.15, 0.2) is 11.5 Å². The number of nitriles is 1. The molecule has 3 rings (SSSR count). The molecule has 0 saturated carbocycles. The minimum Gasteiger partial charge on any atom is -0.493 e. The molecule has 0 aliphatic carbocycles. The summed E-state index contributed by atoms with van der Waals surface area (Å²) in [6.07, 6.45) is 0. The van der Waals surface area contributed by atoms with Crippen molar-refractivity contribution in [3.05, 3.63) is 58.6 Å². The maximum Gasteiger partial charge on any atom is 0.225 e. The van der Waals surface area contributed by atoms with Crippen LogP contribution in [0, 0.1) is 11.3 Å². The van der Waals surface area contributed by atoms with E-state index in [-0.39, 0.29) is 11.4 Å². The summed E-state index contributed by atoms with van der Waals surface area (Å²) in [6.45, 7) is 0.436. The van der Waals surface area contributed by atoms with Crippen LogP contribution in [0.1, 0.15) is 11.1 Å². The summed E-state index contributed by atoms with van der Waals surface area (Å²) in [5.74, 6) is 1.70. The van der Waals surface area contributed by atoms with Crippen molar-refractivity contribution < 1.29 is 9.47 Å². The molecule has 7 nitrogen and oxygen atoms in total. The predicted molar refractivity (Wildman–Crippen MR) is 108 cm³/mol. The number of aromatic nitrogens is 2. The van der Waals surface area contributed by atoms with Crippen LogP contribution in [0.4, 0.5) is 11.8 Å². The lowest BCUT2D eigenvalue weighted by Gasteiger charge is -2.12. The Hall–Kier alpha value is -3.50. The third-order valence-corrected chi connectivity index (χ3v) is 4.32. The van der Waals surface area contributed by atoms with Gasteiger partial charge < -0.3 is 20.5 Å². The number of anilines is 2. The highest BCUT2D eigenvalue weighted by molar-refractivity contribution is 6.30. The Morgan fingerprint density at radius 2 is 1.79 bits per heavy atom. The van der Waals surface area contributed by atoms with Crippen LogP contribution in [0.2, 0.25) is 5.02 Å². The summed E-state index contributed by atoms with van der Waals surface area (Å²) in [5.41, 5.74) is 8.31. The summed E-state index contributed by atoms with van der Waals surface area (Å²) in [4.78, 5) is 8.66. The standard InChI is InChI=1S/C20H18ClN5O2/c1-27-16-8-3-12(9-17(16)28-2)11-24-20-25-18(15(10-22)19(23)26-20)13-4-6-14(21)7-5-13/h3-9H,11H2,1-2H3,(H3,23,24,25,26). The normalized spacial score (nSPS) is 10.2. The zero-order chi connectivity index (χ0) is 20.1. The SMILES string of the molecule is COc1ccc(CNc2nc(N)c(C#N)c(-c3ccc(Cl)cc3)n2)cc1OC. The van der Waals surface area contributed by atoms with E-state index in [1.807, 2.05) is 18.2 Å². The van der Waals surface area contributed by atoms with Crippen molar-refractivity contribution >= 4 is 23.4 Å². The number of nitrogens with one attached hydrogen (secondary N) is 1. The van der Waals surface area contributed by atoms with Crippen molar-refractivity contribution in [2.45, 2.75) is 6.54 Å². The van der Waals surface area contributed by atoms with Crippen LogP contribution in [0.15, 0.2) is 42.5 Å². The van der Waals surface area contributed by atoms with E-state index in [1.165, 1.54) is 0 Å². The summed E-state index contributed by atoms with van der Waals surface area (Å²) in [6, 6.07) is 14.7. The second-order valence-corrected chi connectivity index (χ2v) is 6.25. The Morgan fingerprint density at radius 3 is 2.43 bits per heavy atom. The van der Waals surface area contributed by atoms with Crippen molar-refractivity contribution in [3.8, 4) is 28.8 Å². The van der Waals surface area contributed by atoms with Crippen LogP contribution in [-0.4, -0.2) is 24.2 Å². The summed E-state index contributed by atoms with van der Waals surface area (Å²) in [5, 5.41) is 13.2. The molecule has 0 bridgehead atoms. The first-order valence-corrected chi connectivity index (χ1v) is 8.71. The zero-order valence-corrected chi connectivity index (χ0v) is 16.1. The molecule has 0 atom stereocenters. The van der Waals surface area contributed by atoms with E-state index >= 15 is 0 Å². The van der Waals surface area contributed by atoms with Gasteiger partial charge in [-0.15, -0.1) is 0 Å². The summed E-state index contributed by atoms with van der Waals surface area (Å²) >= 11 is 5.95. The molecule has 0 amide bonds. The van der Waals surface area contributed by atoms with E-state index in [4.69, 9.17) is 26.8 Å².